The number of morpholine rings is 1. The zero-order chi connectivity index (χ0) is 13.5. The maximum absolute atomic E-state index is 5.56. The summed E-state index contributed by atoms with van der Waals surface area (Å²) in [5, 5.41) is 3.19. The highest BCUT2D eigenvalue weighted by molar-refractivity contribution is 5.22. The van der Waals surface area contributed by atoms with Crippen LogP contribution in [0.5, 0.6) is 0 Å². The fraction of sp³-hybridized carbons (Fsp3) is 0.625. The van der Waals surface area contributed by atoms with Crippen LogP contribution >= 0.6 is 0 Å². The molecule has 1 aliphatic heterocycles. The van der Waals surface area contributed by atoms with Gasteiger partial charge in [-0.3, -0.25) is 4.90 Å². The van der Waals surface area contributed by atoms with Crippen molar-refractivity contribution in [3.05, 3.63) is 35.4 Å². The van der Waals surface area contributed by atoms with E-state index in [1.807, 2.05) is 7.05 Å². The molecule has 3 heteroatoms. The van der Waals surface area contributed by atoms with Gasteiger partial charge in [0, 0.05) is 19.1 Å². The molecule has 1 N–H and O–H groups in total. The summed E-state index contributed by atoms with van der Waals surface area (Å²) in [4.78, 5) is 2.55. The summed E-state index contributed by atoms with van der Waals surface area (Å²) in [5.41, 5.74) is 2.82. The molecule has 0 aliphatic carbocycles. The van der Waals surface area contributed by atoms with Crippen LogP contribution in [0.3, 0.4) is 0 Å². The van der Waals surface area contributed by atoms with E-state index < -0.39 is 0 Å². The molecule has 0 aromatic heterocycles. The highest BCUT2D eigenvalue weighted by Crippen LogP contribution is 2.15. The average molecular weight is 262 g/mol. The maximum atomic E-state index is 5.56. The van der Waals surface area contributed by atoms with Gasteiger partial charge in [0.25, 0.3) is 0 Å². The third kappa shape index (κ3) is 4.30. The molecule has 1 aromatic carbocycles. The second kappa shape index (κ2) is 7.63. The lowest BCUT2D eigenvalue weighted by Crippen LogP contribution is -2.44. The Kier molecular flexibility index (Phi) is 5.83. The molecule has 1 atom stereocenters. The van der Waals surface area contributed by atoms with E-state index in [1.165, 1.54) is 17.5 Å². The summed E-state index contributed by atoms with van der Waals surface area (Å²) >= 11 is 0. The SMILES string of the molecule is CCC1COCCN1Cc1ccc(CCNC)cc1. The predicted molar refractivity (Wildman–Crippen MR) is 79.4 cm³/mol. The highest BCUT2D eigenvalue weighted by atomic mass is 16.5. The van der Waals surface area contributed by atoms with E-state index in [-0.39, 0.29) is 0 Å². The molecular formula is C16H26N2O. The lowest BCUT2D eigenvalue weighted by atomic mass is 10.1. The fourth-order valence-electron chi connectivity index (χ4n) is 2.59. The maximum Gasteiger partial charge on any atom is 0.0622 e. The van der Waals surface area contributed by atoms with Crippen LogP contribution in [-0.4, -0.2) is 44.3 Å². The zero-order valence-electron chi connectivity index (χ0n) is 12.2. The predicted octanol–water partition coefficient (Wildman–Crippen LogP) is 2.06. The van der Waals surface area contributed by atoms with Crippen LogP contribution in [0.25, 0.3) is 0 Å². The molecule has 0 saturated carbocycles. The summed E-state index contributed by atoms with van der Waals surface area (Å²) in [6.07, 6.45) is 2.27. The topological polar surface area (TPSA) is 24.5 Å². The van der Waals surface area contributed by atoms with Gasteiger partial charge in [0.2, 0.25) is 0 Å². The number of nitrogens with one attached hydrogen (secondary N) is 1. The summed E-state index contributed by atoms with van der Waals surface area (Å²) < 4.78 is 5.56. The van der Waals surface area contributed by atoms with Crippen molar-refractivity contribution in [1.82, 2.24) is 10.2 Å². The number of likely N-dealkylation sites (N-methyl/N-ethyl adjacent to an activating group) is 1. The van der Waals surface area contributed by atoms with Gasteiger partial charge in [0.15, 0.2) is 0 Å². The third-order valence-electron chi connectivity index (χ3n) is 3.89. The van der Waals surface area contributed by atoms with Crippen LogP contribution in [0.1, 0.15) is 24.5 Å². The van der Waals surface area contributed by atoms with Gasteiger partial charge in [-0.25, -0.2) is 0 Å². The van der Waals surface area contributed by atoms with Crippen LogP contribution in [0.15, 0.2) is 24.3 Å². The minimum atomic E-state index is 0.581. The molecular weight excluding hydrogens is 236 g/mol. The number of ether oxygens (including phenoxy) is 1. The van der Waals surface area contributed by atoms with Crippen molar-refractivity contribution in [2.24, 2.45) is 0 Å². The van der Waals surface area contributed by atoms with Gasteiger partial charge in [-0.2, -0.15) is 0 Å². The van der Waals surface area contributed by atoms with Crippen molar-refractivity contribution in [3.63, 3.8) is 0 Å². The van der Waals surface area contributed by atoms with E-state index in [9.17, 15) is 0 Å². The normalized spacial score (nSPS) is 20.6. The molecule has 1 unspecified atom stereocenters. The van der Waals surface area contributed by atoms with E-state index in [0.29, 0.717) is 6.04 Å². The van der Waals surface area contributed by atoms with Crippen LogP contribution in [0.2, 0.25) is 0 Å². The van der Waals surface area contributed by atoms with E-state index in [0.717, 1.165) is 39.3 Å². The Balaban J connectivity index is 1.90. The Morgan fingerprint density at radius 3 is 2.68 bits per heavy atom. The van der Waals surface area contributed by atoms with Crippen LogP contribution in [0, 0.1) is 0 Å². The Morgan fingerprint density at radius 2 is 2.00 bits per heavy atom. The molecule has 19 heavy (non-hydrogen) atoms. The number of benzene rings is 1. The van der Waals surface area contributed by atoms with Crippen molar-refractivity contribution in [2.45, 2.75) is 32.4 Å². The molecule has 0 radical (unpaired) electrons. The van der Waals surface area contributed by atoms with E-state index in [1.54, 1.807) is 0 Å². The fourth-order valence-corrected chi connectivity index (χ4v) is 2.59. The second-order valence-corrected chi connectivity index (χ2v) is 5.28. The first-order valence-corrected chi connectivity index (χ1v) is 7.37. The smallest absolute Gasteiger partial charge is 0.0622 e. The van der Waals surface area contributed by atoms with E-state index in [4.69, 9.17) is 4.74 Å². The molecule has 1 aliphatic rings. The zero-order valence-corrected chi connectivity index (χ0v) is 12.2. The van der Waals surface area contributed by atoms with Crippen molar-refractivity contribution >= 4 is 0 Å². The Labute approximate surface area is 116 Å². The van der Waals surface area contributed by atoms with Crippen LogP contribution < -0.4 is 5.32 Å². The Morgan fingerprint density at radius 1 is 1.26 bits per heavy atom. The monoisotopic (exact) mass is 262 g/mol. The van der Waals surface area contributed by atoms with E-state index >= 15 is 0 Å². The molecule has 0 amide bonds. The number of hydrogen-bond acceptors (Lipinski definition) is 3. The third-order valence-corrected chi connectivity index (χ3v) is 3.89. The van der Waals surface area contributed by atoms with Crippen LogP contribution in [0.4, 0.5) is 0 Å². The summed E-state index contributed by atoms with van der Waals surface area (Å²) in [6, 6.07) is 9.64. The van der Waals surface area contributed by atoms with Gasteiger partial charge < -0.3 is 10.1 Å². The Bertz CT molecular complexity index is 364. The molecule has 2 rings (SSSR count). The highest BCUT2D eigenvalue weighted by Gasteiger charge is 2.21. The van der Waals surface area contributed by atoms with Gasteiger partial charge in [-0.05, 0) is 37.6 Å². The molecule has 0 spiro atoms. The first kappa shape index (κ1) is 14.5. The quantitative estimate of drug-likeness (QED) is 0.849. The lowest BCUT2D eigenvalue weighted by Gasteiger charge is -2.35. The summed E-state index contributed by atoms with van der Waals surface area (Å²) in [7, 11) is 2.00. The Hall–Kier alpha value is -0.900. The standard InChI is InChI=1S/C16H26N2O/c1-3-16-13-19-11-10-18(16)12-15-6-4-14(5-7-15)8-9-17-2/h4-7,16-17H,3,8-13H2,1-2H3. The molecule has 1 saturated heterocycles. The lowest BCUT2D eigenvalue weighted by molar-refractivity contribution is -0.0127. The molecule has 1 fully saturated rings. The first-order chi connectivity index (χ1) is 9.33. The summed E-state index contributed by atoms with van der Waals surface area (Å²) in [5.74, 6) is 0. The van der Waals surface area contributed by atoms with Gasteiger partial charge in [-0.1, -0.05) is 31.2 Å². The molecule has 3 nitrogen and oxygen atoms in total. The minimum Gasteiger partial charge on any atom is -0.378 e. The van der Waals surface area contributed by atoms with E-state index in [2.05, 4.69) is 41.4 Å². The summed E-state index contributed by atoms with van der Waals surface area (Å²) in [6.45, 7) is 7.15. The van der Waals surface area contributed by atoms with Gasteiger partial charge in [-0.15, -0.1) is 0 Å². The van der Waals surface area contributed by atoms with Crippen molar-refractivity contribution in [2.75, 3.05) is 33.4 Å². The second-order valence-electron chi connectivity index (χ2n) is 5.28. The largest absolute Gasteiger partial charge is 0.378 e. The molecule has 0 bridgehead atoms. The number of rotatable bonds is 6. The molecule has 1 heterocycles. The molecule has 1 aromatic rings. The molecule has 106 valence electrons. The average Bonchev–Trinajstić information content (AvgIpc) is 2.47. The number of nitrogens with zero attached hydrogens (tertiary/aromatic N) is 1. The van der Waals surface area contributed by atoms with Crippen molar-refractivity contribution in [1.29, 1.82) is 0 Å². The van der Waals surface area contributed by atoms with Gasteiger partial charge in [0.1, 0.15) is 0 Å². The van der Waals surface area contributed by atoms with Crippen molar-refractivity contribution < 1.29 is 4.74 Å². The van der Waals surface area contributed by atoms with Crippen molar-refractivity contribution in [3.8, 4) is 0 Å². The van der Waals surface area contributed by atoms with Crippen LogP contribution in [-0.2, 0) is 17.7 Å². The van der Waals surface area contributed by atoms with Gasteiger partial charge >= 0.3 is 0 Å². The van der Waals surface area contributed by atoms with Gasteiger partial charge in [0.05, 0.1) is 13.2 Å². The minimum absolute atomic E-state index is 0.581. The number of hydrogen-bond donors (Lipinski definition) is 1. The first-order valence-electron chi connectivity index (χ1n) is 7.37.